The first-order valence-corrected chi connectivity index (χ1v) is 10.8. The number of hydrogen-bond acceptors (Lipinski definition) is 3. The van der Waals surface area contributed by atoms with Crippen LogP contribution in [-0.2, 0) is 9.53 Å². The standard InChI is InChI=1S/C22H40N2O3/c1-14(2)18-13-24(12-16-10-8-9-11-17(16)18)20(25)19(15(3)4)23-21(26)27-22(5,6)7/h14-19H,8-13H2,1-7H3,(H,23,26)/t16-,17-,18-,19+/m1/s1. The second-order valence-electron chi connectivity index (χ2n) is 10.2. The minimum absolute atomic E-state index is 0.0200. The molecule has 0 aromatic rings. The number of fused-ring (bicyclic) bond motifs is 1. The molecule has 0 aromatic carbocycles. The largest absolute Gasteiger partial charge is 0.444 e. The SMILES string of the molecule is CC(C)[C@H](NC(=O)OC(C)(C)C)C(=O)N1C[C@H]2CCCC[C@H]2[C@@H](C(C)C)C1. The number of likely N-dealkylation sites (tertiary alicyclic amines) is 1. The molecule has 2 amide bonds. The molecule has 5 nitrogen and oxygen atoms in total. The summed E-state index contributed by atoms with van der Waals surface area (Å²) in [5.41, 5.74) is -0.572. The third-order valence-corrected chi connectivity index (χ3v) is 6.18. The van der Waals surface area contributed by atoms with Crippen molar-refractivity contribution in [3.8, 4) is 0 Å². The minimum Gasteiger partial charge on any atom is -0.444 e. The van der Waals surface area contributed by atoms with Gasteiger partial charge in [0.05, 0.1) is 0 Å². The molecule has 1 saturated carbocycles. The number of amides is 2. The fourth-order valence-electron chi connectivity index (χ4n) is 4.80. The fourth-order valence-corrected chi connectivity index (χ4v) is 4.80. The van der Waals surface area contributed by atoms with E-state index in [4.69, 9.17) is 4.74 Å². The Morgan fingerprint density at radius 2 is 1.67 bits per heavy atom. The zero-order chi connectivity index (χ0) is 20.4. The Morgan fingerprint density at radius 1 is 1.04 bits per heavy atom. The van der Waals surface area contributed by atoms with E-state index in [0.717, 1.165) is 19.0 Å². The molecular formula is C22H40N2O3. The van der Waals surface area contributed by atoms with Crippen molar-refractivity contribution in [2.75, 3.05) is 13.1 Å². The maximum atomic E-state index is 13.3. The Balaban J connectivity index is 2.11. The molecule has 2 fully saturated rings. The van der Waals surface area contributed by atoms with Crippen LogP contribution in [0.1, 0.15) is 74.1 Å². The number of hydrogen-bond donors (Lipinski definition) is 1. The molecule has 1 saturated heterocycles. The molecule has 1 aliphatic heterocycles. The van der Waals surface area contributed by atoms with Gasteiger partial charge < -0.3 is 15.0 Å². The summed E-state index contributed by atoms with van der Waals surface area (Å²) in [7, 11) is 0. The predicted octanol–water partition coefficient (Wildman–Crippen LogP) is 4.46. The third kappa shape index (κ3) is 5.86. The summed E-state index contributed by atoms with van der Waals surface area (Å²) in [5, 5.41) is 2.83. The van der Waals surface area contributed by atoms with Crippen molar-refractivity contribution in [1.29, 1.82) is 0 Å². The van der Waals surface area contributed by atoms with Crippen molar-refractivity contribution in [1.82, 2.24) is 10.2 Å². The zero-order valence-electron chi connectivity index (χ0n) is 18.4. The summed E-state index contributed by atoms with van der Waals surface area (Å²) in [5.74, 6) is 2.55. The van der Waals surface area contributed by atoms with E-state index in [1.54, 1.807) is 0 Å². The first kappa shape index (κ1) is 22.0. The molecule has 0 radical (unpaired) electrons. The van der Waals surface area contributed by atoms with Crippen LogP contribution in [0.2, 0.25) is 0 Å². The molecule has 1 heterocycles. The molecule has 156 valence electrons. The number of nitrogens with one attached hydrogen (secondary N) is 1. The van der Waals surface area contributed by atoms with Crippen molar-refractivity contribution in [3.63, 3.8) is 0 Å². The van der Waals surface area contributed by atoms with E-state index in [1.807, 2.05) is 39.5 Å². The van der Waals surface area contributed by atoms with Crippen LogP contribution in [0.25, 0.3) is 0 Å². The average molecular weight is 381 g/mol. The fraction of sp³-hybridized carbons (Fsp3) is 0.909. The van der Waals surface area contributed by atoms with Crippen LogP contribution in [0.5, 0.6) is 0 Å². The van der Waals surface area contributed by atoms with E-state index < -0.39 is 17.7 Å². The Bertz CT molecular complexity index is 524. The summed E-state index contributed by atoms with van der Waals surface area (Å²) in [4.78, 5) is 27.6. The van der Waals surface area contributed by atoms with Crippen LogP contribution in [0.4, 0.5) is 4.79 Å². The van der Waals surface area contributed by atoms with E-state index in [1.165, 1.54) is 25.7 Å². The van der Waals surface area contributed by atoms with E-state index in [-0.39, 0.29) is 11.8 Å². The molecule has 1 N–H and O–H groups in total. The molecule has 2 aliphatic rings. The molecule has 27 heavy (non-hydrogen) atoms. The summed E-state index contributed by atoms with van der Waals surface area (Å²) in [6.45, 7) is 15.7. The van der Waals surface area contributed by atoms with Crippen molar-refractivity contribution in [2.45, 2.75) is 85.8 Å². The van der Waals surface area contributed by atoms with Crippen LogP contribution in [0, 0.1) is 29.6 Å². The highest BCUT2D eigenvalue weighted by Crippen LogP contribution is 2.42. The van der Waals surface area contributed by atoms with Crippen LogP contribution >= 0.6 is 0 Å². The molecule has 1 aliphatic carbocycles. The highest BCUT2D eigenvalue weighted by molar-refractivity contribution is 5.86. The number of carbonyl (C=O) groups is 2. The zero-order valence-corrected chi connectivity index (χ0v) is 18.4. The molecule has 0 bridgehead atoms. The molecule has 0 aromatic heterocycles. The highest BCUT2D eigenvalue weighted by atomic mass is 16.6. The first-order chi connectivity index (χ1) is 12.5. The molecular weight excluding hydrogens is 340 g/mol. The summed E-state index contributed by atoms with van der Waals surface area (Å²) >= 11 is 0. The van der Waals surface area contributed by atoms with Crippen LogP contribution < -0.4 is 5.32 Å². The molecule has 4 atom stereocenters. The number of alkyl carbamates (subject to hydrolysis) is 1. The molecule has 0 unspecified atom stereocenters. The predicted molar refractivity (Wildman–Crippen MR) is 108 cm³/mol. The van der Waals surface area contributed by atoms with E-state index in [2.05, 4.69) is 19.2 Å². The average Bonchev–Trinajstić information content (AvgIpc) is 2.56. The van der Waals surface area contributed by atoms with E-state index in [0.29, 0.717) is 17.8 Å². The van der Waals surface area contributed by atoms with Crippen molar-refractivity contribution < 1.29 is 14.3 Å². The van der Waals surface area contributed by atoms with Gasteiger partial charge in [-0.3, -0.25) is 4.79 Å². The molecule has 5 heteroatoms. The maximum absolute atomic E-state index is 13.3. The number of ether oxygens (including phenoxy) is 1. The lowest BCUT2D eigenvalue weighted by Crippen LogP contribution is -2.57. The molecule has 2 rings (SSSR count). The van der Waals surface area contributed by atoms with E-state index >= 15 is 0 Å². The van der Waals surface area contributed by atoms with Crippen molar-refractivity contribution >= 4 is 12.0 Å². The topological polar surface area (TPSA) is 58.6 Å². The third-order valence-electron chi connectivity index (χ3n) is 6.18. The quantitative estimate of drug-likeness (QED) is 0.783. The van der Waals surface area contributed by atoms with Gasteiger partial charge in [-0.15, -0.1) is 0 Å². The van der Waals surface area contributed by atoms with Gasteiger partial charge in [0.15, 0.2) is 0 Å². The van der Waals surface area contributed by atoms with Gasteiger partial charge in [-0.1, -0.05) is 40.5 Å². The van der Waals surface area contributed by atoms with Crippen molar-refractivity contribution in [3.05, 3.63) is 0 Å². The first-order valence-electron chi connectivity index (χ1n) is 10.8. The minimum atomic E-state index is -0.572. The van der Waals surface area contributed by atoms with Crippen LogP contribution in [0.15, 0.2) is 0 Å². The Labute approximate surface area is 165 Å². The Morgan fingerprint density at radius 3 is 2.22 bits per heavy atom. The highest BCUT2D eigenvalue weighted by Gasteiger charge is 2.42. The van der Waals surface area contributed by atoms with Crippen molar-refractivity contribution in [2.24, 2.45) is 29.6 Å². The van der Waals surface area contributed by atoms with E-state index in [9.17, 15) is 9.59 Å². The van der Waals surface area contributed by atoms with Gasteiger partial charge in [0.25, 0.3) is 0 Å². The lowest BCUT2D eigenvalue weighted by molar-refractivity contribution is -0.140. The van der Waals surface area contributed by atoms with Gasteiger partial charge in [0.2, 0.25) is 5.91 Å². The second-order valence-corrected chi connectivity index (χ2v) is 10.2. The van der Waals surface area contributed by atoms with Gasteiger partial charge in [-0.05, 0) is 63.2 Å². The second kappa shape index (κ2) is 8.83. The van der Waals surface area contributed by atoms with Gasteiger partial charge in [0.1, 0.15) is 11.6 Å². The number of carbonyl (C=O) groups excluding carboxylic acids is 2. The summed E-state index contributed by atoms with van der Waals surface area (Å²) < 4.78 is 5.38. The summed E-state index contributed by atoms with van der Waals surface area (Å²) in [6.07, 6.45) is 4.62. The number of nitrogens with zero attached hydrogens (tertiary/aromatic N) is 1. The van der Waals surface area contributed by atoms with Gasteiger partial charge in [-0.25, -0.2) is 4.79 Å². The van der Waals surface area contributed by atoms with Crippen LogP contribution in [0.3, 0.4) is 0 Å². The maximum Gasteiger partial charge on any atom is 0.408 e. The van der Waals surface area contributed by atoms with Crippen LogP contribution in [-0.4, -0.2) is 41.6 Å². The normalized spacial score (nSPS) is 27.3. The molecule has 0 spiro atoms. The lowest BCUT2D eigenvalue weighted by atomic mass is 9.66. The Hall–Kier alpha value is -1.26. The monoisotopic (exact) mass is 380 g/mol. The smallest absolute Gasteiger partial charge is 0.408 e. The lowest BCUT2D eigenvalue weighted by Gasteiger charge is -2.48. The number of rotatable bonds is 4. The van der Waals surface area contributed by atoms with Gasteiger partial charge >= 0.3 is 6.09 Å². The Kier molecular flexibility index (Phi) is 7.20. The summed E-state index contributed by atoms with van der Waals surface area (Å²) in [6, 6.07) is -0.534. The van der Waals surface area contributed by atoms with Gasteiger partial charge in [-0.2, -0.15) is 0 Å². The van der Waals surface area contributed by atoms with Gasteiger partial charge in [0, 0.05) is 13.1 Å². The number of piperidine rings is 1.